The highest BCUT2D eigenvalue weighted by atomic mass is 35.5. The smallest absolute Gasteiger partial charge is 0.129 e. The third-order valence-electron chi connectivity index (χ3n) is 3.83. The van der Waals surface area contributed by atoms with Crippen molar-refractivity contribution >= 4 is 34.6 Å². The van der Waals surface area contributed by atoms with Gasteiger partial charge in [0.25, 0.3) is 0 Å². The van der Waals surface area contributed by atoms with Crippen molar-refractivity contribution in [2.45, 2.75) is 6.54 Å². The molecule has 3 rings (SSSR count). The maximum atomic E-state index is 13.9. The minimum absolute atomic E-state index is 0.295. The van der Waals surface area contributed by atoms with Crippen LogP contribution < -0.4 is 10.2 Å². The van der Waals surface area contributed by atoms with Crippen LogP contribution >= 0.6 is 23.2 Å². The van der Waals surface area contributed by atoms with Crippen LogP contribution in [0.15, 0.2) is 36.4 Å². The SMILES string of the molecule is Fc1cccc(Cl)c1CNc1cccc(Cl)c1N1CCOCC1. The molecule has 0 radical (unpaired) electrons. The molecule has 122 valence electrons. The van der Waals surface area contributed by atoms with Crippen molar-refractivity contribution in [3.05, 3.63) is 57.8 Å². The summed E-state index contributed by atoms with van der Waals surface area (Å²) >= 11 is 12.5. The largest absolute Gasteiger partial charge is 0.379 e. The summed E-state index contributed by atoms with van der Waals surface area (Å²) in [5, 5.41) is 4.33. The van der Waals surface area contributed by atoms with Gasteiger partial charge in [-0.15, -0.1) is 0 Å². The van der Waals surface area contributed by atoms with E-state index >= 15 is 0 Å². The van der Waals surface area contributed by atoms with E-state index in [0.717, 1.165) is 24.5 Å². The van der Waals surface area contributed by atoms with Gasteiger partial charge in [0.2, 0.25) is 0 Å². The summed E-state index contributed by atoms with van der Waals surface area (Å²) in [7, 11) is 0. The van der Waals surface area contributed by atoms with Crippen molar-refractivity contribution in [2.24, 2.45) is 0 Å². The molecule has 0 saturated carbocycles. The van der Waals surface area contributed by atoms with Crippen molar-refractivity contribution in [3.63, 3.8) is 0 Å². The van der Waals surface area contributed by atoms with Gasteiger partial charge in [0, 0.05) is 30.2 Å². The summed E-state index contributed by atoms with van der Waals surface area (Å²) in [6, 6.07) is 10.3. The summed E-state index contributed by atoms with van der Waals surface area (Å²) in [4.78, 5) is 2.18. The third-order valence-corrected chi connectivity index (χ3v) is 4.49. The number of hydrogen-bond donors (Lipinski definition) is 1. The minimum Gasteiger partial charge on any atom is -0.379 e. The molecule has 6 heteroatoms. The van der Waals surface area contributed by atoms with Crippen molar-refractivity contribution < 1.29 is 9.13 Å². The molecule has 0 aromatic heterocycles. The molecule has 0 amide bonds. The van der Waals surface area contributed by atoms with Gasteiger partial charge in [-0.2, -0.15) is 0 Å². The van der Waals surface area contributed by atoms with Crippen molar-refractivity contribution in [1.82, 2.24) is 0 Å². The zero-order valence-electron chi connectivity index (χ0n) is 12.5. The van der Waals surface area contributed by atoms with E-state index < -0.39 is 0 Å². The fourth-order valence-corrected chi connectivity index (χ4v) is 3.18. The van der Waals surface area contributed by atoms with E-state index in [-0.39, 0.29) is 5.82 Å². The molecule has 0 aliphatic carbocycles. The van der Waals surface area contributed by atoms with Crippen LogP contribution in [0.25, 0.3) is 0 Å². The Morgan fingerprint density at radius 1 is 1.04 bits per heavy atom. The molecule has 2 aromatic rings. The molecule has 0 bridgehead atoms. The maximum Gasteiger partial charge on any atom is 0.129 e. The molecule has 0 spiro atoms. The second-order valence-corrected chi connectivity index (χ2v) is 6.10. The Hall–Kier alpha value is -1.49. The third kappa shape index (κ3) is 3.71. The quantitative estimate of drug-likeness (QED) is 0.869. The van der Waals surface area contributed by atoms with Crippen LogP contribution in [-0.4, -0.2) is 26.3 Å². The molecule has 2 aromatic carbocycles. The van der Waals surface area contributed by atoms with Gasteiger partial charge in [-0.25, -0.2) is 4.39 Å². The van der Waals surface area contributed by atoms with E-state index in [1.807, 2.05) is 18.2 Å². The van der Waals surface area contributed by atoms with E-state index in [9.17, 15) is 4.39 Å². The second-order valence-electron chi connectivity index (χ2n) is 5.29. The summed E-state index contributed by atoms with van der Waals surface area (Å²) in [6.07, 6.45) is 0. The van der Waals surface area contributed by atoms with Crippen LogP contribution in [0.5, 0.6) is 0 Å². The molecule has 23 heavy (non-hydrogen) atoms. The summed E-state index contributed by atoms with van der Waals surface area (Å²) in [5.41, 5.74) is 2.23. The van der Waals surface area contributed by atoms with Crippen LogP contribution in [0.4, 0.5) is 15.8 Å². The Balaban J connectivity index is 1.84. The van der Waals surface area contributed by atoms with Crippen LogP contribution in [0.1, 0.15) is 5.56 Å². The molecule has 1 fully saturated rings. The first kappa shape index (κ1) is 16.4. The van der Waals surface area contributed by atoms with Gasteiger partial charge in [0.05, 0.1) is 29.6 Å². The first-order valence-electron chi connectivity index (χ1n) is 7.45. The predicted molar refractivity (Wildman–Crippen MR) is 93.2 cm³/mol. The van der Waals surface area contributed by atoms with Crippen LogP contribution in [0, 0.1) is 5.82 Å². The average Bonchev–Trinajstić information content (AvgIpc) is 2.55. The van der Waals surface area contributed by atoms with Gasteiger partial charge in [0.1, 0.15) is 5.82 Å². The van der Waals surface area contributed by atoms with Gasteiger partial charge >= 0.3 is 0 Å². The Morgan fingerprint density at radius 3 is 2.48 bits per heavy atom. The van der Waals surface area contributed by atoms with Crippen LogP contribution in [-0.2, 0) is 11.3 Å². The Bertz CT molecular complexity index is 670. The predicted octanol–water partition coefficient (Wildman–Crippen LogP) is 4.58. The molecular weight excluding hydrogens is 338 g/mol. The monoisotopic (exact) mass is 354 g/mol. The molecular formula is C17H17Cl2FN2O. The van der Waals surface area contributed by atoms with Gasteiger partial charge < -0.3 is 15.0 Å². The molecule has 1 saturated heterocycles. The minimum atomic E-state index is -0.319. The zero-order chi connectivity index (χ0) is 16.2. The lowest BCUT2D eigenvalue weighted by atomic mass is 10.2. The number of rotatable bonds is 4. The van der Waals surface area contributed by atoms with Crippen molar-refractivity contribution in [1.29, 1.82) is 0 Å². The number of nitrogens with one attached hydrogen (secondary N) is 1. The van der Waals surface area contributed by atoms with E-state index in [4.69, 9.17) is 27.9 Å². The van der Waals surface area contributed by atoms with E-state index in [1.165, 1.54) is 6.07 Å². The lowest BCUT2D eigenvalue weighted by molar-refractivity contribution is 0.123. The number of anilines is 2. The zero-order valence-corrected chi connectivity index (χ0v) is 14.0. The fourth-order valence-electron chi connectivity index (χ4n) is 2.65. The van der Waals surface area contributed by atoms with Gasteiger partial charge in [-0.05, 0) is 24.3 Å². The molecule has 0 unspecified atom stereocenters. The van der Waals surface area contributed by atoms with E-state index in [2.05, 4.69) is 10.2 Å². The van der Waals surface area contributed by atoms with Crippen molar-refractivity contribution in [3.8, 4) is 0 Å². The summed E-state index contributed by atoms with van der Waals surface area (Å²) < 4.78 is 19.3. The number of halogens is 3. The normalized spacial score (nSPS) is 14.8. The number of benzene rings is 2. The maximum absolute atomic E-state index is 13.9. The second kappa shape index (κ2) is 7.39. The van der Waals surface area contributed by atoms with Crippen molar-refractivity contribution in [2.75, 3.05) is 36.5 Å². The average molecular weight is 355 g/mol. The Kier molecular flexibility index (Phi) is 5.26. The lowest BCUT2D eigenvalue weighted by Crippen LogP contribution is -2.36. The van der Waals surface area contributed by atoms with E-state index in [0.29, 0.717) is 35.4 Å². The lowest BCUT2D eigenvalue weighted by Gasteiger charge is -2.31. The number of hydrogen-bond acceptors (Lipinski definition) is 3. The molecule has 1 aliphatic heterocycles. The highest BCUT2D eigenvalue weighted by molar-refractivity contribution is 6.34. The first-order valence-corrected chi connectivity index (χ1v) is 8.20. The Morgan fingerprint density at radius 2 is 1.74 bits per heavy atom. The Labute approximate surface area is 145 Å². The van der Waals surface area contributed by atoms with Gasteiger partial charge in [-0.1, -0.05) is 35.3 Å². The fraction of sp³-hybridized carbons (Fsp3) is 0.294. The van der Waals surface area contributed by atoms with Crippen LogP contribution in [0.3, 0.4) is 0 Å². The molecule has 0 atom stereocenters. The van der Waals surface area contributed by atoms with Crippen LogP contribution in [0.2, 0.25) is 10.0 Å². The summed E-state index contributed by atoms with van der Waals surface area (Å²) in [5.74, 6) is -0.319. The number of para-hydroxylation sites is 1. The van der Waals surface area contributed by atoms with Gasteiger partial charge in [-0.3, -0.25) is 0 Å². The van der Waals surface area contributed by atoms with Gasteiger partial charge in [0.15, 0.2) is 0 Å². The number of morpholine rings is 1. The molecule has 1 heterocycles. The highest BCUT2D eigenvalue weighted by Crippen LogP contribution is 2.35. The first-order chi connectivity index (χ1) is 11.2. The standard InChI is InChI=1S/C17H17Cl2FN2O/c18-13-3-1-5-15(20)12(13)11-21-16-6-2-4-14(19)17(16)22-7-9-23-10-8-22/h1-6,21H,7-11H2. The number of ether oxygens (including phenoxy) is 1. The highest BCUT2D eigenvalue weighted by Gasteiger charge is 2.18. The summed E-state index contributed by atoms with van der Waals surface area (Å²) in [6.45, 7) is 3.19. The molecule has 1 N–H and O–H groups in total. The topological polar surface area (TPSA) is 24.5 Å². The number of nitrogens with zero attached hydrogens (tertiary/aromatic N) is 1. The van der Waals surface area contributed by atoms with E-state index in [1.54, 1.807) is 12.1 Å². The molecule has 3 nitrogen and oxygen atoms in total. The molecule has 1 aliphatic rings.